The summed E-state index contributed by atoms with van der Waals surface area (Å²) in [6.07, 6.45) is 2.96. The van der Waals surface area contributed by atoms with Gasteiger partial charge in [0.1, 0.15) is 17.3 Å². The average Bonchev–Trinajstić information content (AvgIpc) is 3.63. The molecule has 2 aromatic heterocycles. The van der Waals surface area contributed by atoms with E-state index < -0.39 is 5.60 Å². The zero-order chi connectivity index (χ0) is 31.8. The van der Waals surface area contributed by atoms with Crippen molar-refractivity contribution < 1.29 is 19.4 Å². The van der Waals surface area contributed by atoms with Gasteiger partial charge < -0.3 is 19.4 Å². The number of fused-ring (bicyclic) bond motifs is 2. The van der Waals surface area contributed by atoms with Gasteiger partial charge in [-0.05, 0) is 98.7 Å². The fourth-order valence-corrected chi connectivity index (χ4v) is 6.12. The monoisotopic (exact) mass is 638 g/mol. The minimum atomic E-state index is -0.629. The Morgan fingerprint density at radius 2 is 1.18 bits per heavy atom. The first-order valence-electron chi connectivity index (χ1n) is 15.1. The van der Waals surface area contributed by atoms with E-state index in [-0.39, 0.29) is 11.7 Å². The molecule has 232 valence electrons. The maximum absolute atomic E-state index is 11.0. The smallest absolute Gasteiger partial charge is 0.279 e. The van der Waals surface area contributed by atoms with Gasteiger partial charge in [-0.1, -0.05) is 85.1 Å². The van der Waals surface area contributed by atoms with Crippen molar-refractivity contribution in [3.63, 3.8) is 0 Å². The fourth-order valence-electron chi connectivity index (χ4n) is 4.45. The van der Waals surface area contributed by atoms with Crippen LogP contribution in [-0.2, 0) is 17.6 Å². The van der Waals surface area contributed by atoms with Crippen molar-refractivity contribution >= 4 is 48.9 Å². The summed E-state index contributed by atoms with van der Waals surface area (Å²) in [6.45, 7) is 7.62. The zero-order valence-electron chi connectivity index (χ0n) is 26.0. The Morgan fingerprint density at radius 1 is 0.733 bits per heavy atom. The van der Waals surface area contributed by atoms with Crippen molar-refractivity contribution in [2.24, 2.45) is 5.92 Å². The molecule has 1 N–H and O–H groups in total. The molecule has 4 aromatic carbocycles. The minimum absolute atomic E-state index is 0.213. The van der Waals surface area contributed by atoms with Gasteiger partial charge in [0.25, 0.3) is 10.4 Å². The van der Waals surface area contributed by atoms with E-state index in [1.54, 1.807) is 18.3 Å². The van der Waals surface area contributed by atoms with Gasteiger partial charge in [0.2, 0.25) is 0 Å². The molecule has 0 bridgehead atoms. The van der Waals surface area contributed by atoms with Gasteiger partial charge in [0.05, 0.1) is 26.0 Å². The third kappa shape index (κ3) is 9.20. The quantitative estimate of drug-likeness (QED) is 0.152. The van der Waals surface area contributed by atoms with Gasteiger partial charge in [-0.15, -0.1) is 0 Å². The Bertz CT molecular complexity index is 1770. The summed E-state index contributed by atoms with van der Waals surface area (Å²) in [6, 6.07) is 31.8. The van der Waals surface area contributed by atoms with Crippen LogP contribution in [0.5, 0.6) is 21.9 Å². The Morgan fingerprint density at radius 3 is 1.60 bits per heavy atom. The predicted octanol–water partition coefficient (Wildman–Crippen LogP) is 10.0. The predicted molar refractivity (Wildman–Crippen MR) is 185 cm³/mol. The van der Waals surface area contributed by atoms with E-state index in [1.807, 2.05) is 91.9 Å². The lowest BCUT2D eigenvalue weighted by Crippen LogP contribution is -2.31. The number of aryl methyl sites for hydroxylation is 2. The standard InChI is InChI=1S/C20H23NO2S.C17H15NO2S/c1-14(2)20(3,22)13-12-15-8-10-16(11-9-15)23-19-21-17-6-4-5-7-18(17)24-19;1-12(19)6-7-13-8-10-14(11-9-13)20-17-18-15-4-2-3-5-16(15)21-17/h4-11,14,22H,12-13H2,1-3H3;2-5,8-11H,6-7H2,1H3. The first-order valence-corrected chi connectivity index (χ1v) is 16.7. The minimum Gasteiger partial charge on any atom is -0.431 e. The van der Waals surface area contributed by atoms with Gasteiger partial charge in [-0.25, -0.2) is 9.97 Å². The maximum Gasteiger partial charge on any atom is 0.279 e. The number of ether oxygens (including phenoxy) is 2. The molecule has 1 atom stereocenters. The second-order valence-corrected chi connectivity index (χ2v) is 13.6. The Balaban J connectivity index is 0.000000179. The summed E-state index contributed by atoms with van der Waals surface area (Å²) in [5.41, 5.74) is 3.63. The maximum atomic E-state index is 11.0. The normalized spacial score (nSPS) is 12.5. The average molecular weight is 639 g/mol. The number of ketones is 1. The second-order valence-electron chi connectivity index (χ2n) is 11.6. The van der Waals surface area contributed by atoms with Crippen LogP contribution in [0.15, 0.2) is 97.1 Å². The lowest BCUT2D eigenvalue weighted by molar-refractivity contribution is -0.116. The van der Waals surface area contributed by atoms with E-state index in [0.717, 1.165) is 56.8 Å². The van der Waals surface area contributed by atoms with Crippen LogP contribution in [0.25, 0.3) is 20.4 Å². The number of aromatic nitrogens is 2. The number of hydrogen-bond acceptors (Lipinski definition) is 8. The van der Waals surface area contributed by atoms with E-state index >= 15 is 0 Å². The number of para-hydroxylation sites is 2. The van der Waals surface area contributed by atoms with E-state index in [1.165, 1.54) is 16.9 Å². The van der Waals surface area contributed by atoms with E-state index in [9.17, 15) is 9.90 Å². The fraction of sp³-hybridized carbons (Fsp3) is 0.270. The molecular formula is C37H38N2O4S2. The van der Waals surface area contributed by atoms with Crippen molar-refractivity contribution in [1.29, 1.82) is 0 Å². The third-order valence-electron chi connectivity index (χ3n) is 7.73. The Hall–Kier alpha value is -4.11. The number of carbonyl (C=O) groups excluding carboxylic acids is 1. The molecule has 0 saturated heterocycles. The molecule has 8 heteroatoms. The van der Waals surface area contributed by atoms with Gasteiger partial charge in [-0.3, -0.25) is 0 Å². The molecule has 0 aliphatic heterocycles. The van der Waals surface area contributed by atoms with Crippen molar-refractivity contribution in [3.05, 3.63) is 108 Å². The molecule has 2 heterocycles. The lowest BCUT2D eigenvalue weighted by Gasteiger charge is -2.27. The Labute approximate surface area is 272 Å². The van der Waals surface area contributed by atoms with E-state index in [0.29, 0.717) is 16.8 Å². The van der Waals surface area contributed by atoms with Crippen molar-refractivity contribution in [2.45, 2.75) is 59.0 Å². The van der Waals surface area contributed by atoms with Crippen molar-refractivity contribution in [3.8, 4) is 21.9 Å². The summed E-state index contributed by atoms with van der Waals surface area (Å²) in [5, 5.41) is 11.6. The summed E-state index contributed by atoms with van der Waals surface area (Å²) in [5.74, 6) is 2.01. The highest BCUT2D eigenvalue weighted by Gasteiger charge is 2.24. The number of Topliss-reactive ketones (excluding diaryl/α,β-unsaturated/α-hetero) is 1. The summed E-state index contributed by atoms with van der Waals surface area (Å²) in [4.78, 5) is 19.9. The molecule has 6 aromatic rings. The highest BCUT2D eigenvalue weighted by atomic mass is 32.1. The molecule has 1 unspecified atom stereocenters. The molecule has 45 heavy (non-hydrogen) atoms. The molecule has 0 fully saturated rings. The number of hydrogen-bond donors (Lipinski definition) is 1. The molecule has 0 spiro atoms. The molecule has 0 aliphatic carbocycles. The largest absolute Gasteiger partial charge is 0.431 e. The third-order valence-corrected chi connectivity index (χ3v) is 9.56. The van der Waals surface area contributed by atoms with Gasteiger partial charge in [-0.2, -0.15) is 0 Å². The van der Waals surface area contributed by atoms with Crippen LogP contribution in [0.4, 0.5) is 0 Å². The molecule has 0 radical (unpaired) electrons. The van der Waals surface area contributed by atoms with Crippen LogP contribution in [0.3, 0.4) is 0 Å². The number of aliphatic hydroxyl groups is 1. The molecule has 6 nitrogen and oxygen atoms in total. The van der Waals surface area contributed by atoms with Crippen LogP contribution in [0.2, 0.25) is 0 Å². The number of carbonyl (C=O) groups is 1. The number of nitrogens with zero attached hydrogens (tertiary/aromatic N) is 2. The SMILES string of the molecule is CC(=O)CCc1ccc(Oc2nc3ccccc3s2)cc1.CC(C)C(C)(O)CCc1ccc(Oc2nc3ccccc3s2)cc1. The van der Waals surface area contributed by atoms with Crippen LogP contribution < -0.4 is 9.47 Å². The van der Waals surface area contributed by atoms with Gasteiger partial charge >= 0.3 is 0 Å². The van der Waals surface area contributed by atoms with E-state index in [2.05, 4.69) is 35.9 Å². The molecule has 6 rings (SSSR count). The summed E-state index contributed by atoms with van der Waals surface area (Å²) in [7, 11) is 0. The number of thiazole rings is 2. The summed E-state index contributed by atoms with van der Waals surface area (Å²) < 4.78 is 13.9. The molecule has 0 aliphatic rings. The Kier molecular flexibility index (Phi) is 10.6. The van der Waals surface area contributed by atoms with Gasteiger partial charge in [0.15, 0.2) is 0 Å². The zero-order valence-corrected chi connectivity index (χ0v) is 27.7. The first-order chi connectivity index (χ1) is 21.6. The number of benzene rings is 4. The molecule has 0 saturated carbocycles. The number of rotatable bonds is 11. The summed E-state index contributed by atoms with van der Waals surface area (Å²) >= 11 is 3.08. The van der Waals surface area contributed by atoms with Crippen molar-refractivity contribution in [2.75, 3.05) is 0 Å². The molecule has 0 amide bonds. The highest BCUT2D eigenvalue weighted by molar-refractivity contribution is 7.20. The van der Waals surface area contributed by atoms with Crippen LogP contribution in [0.1, 0.15) is 51.7 Å². The topological polar surface area (TPSA) is 81.5 Å². The van der Waals surface area contributed by atoms with Crippen LogP contribution >= 0.6 is 22.7 Å². The lowest BCUT2D eigenvalue weighted by atomic mass is 9.87. The first kappa shape index (κ1) is 32.3. The van der Waals surface area contributed by atoms with Crippen LogP contribution in [0, 0.1) is 5.92 Å². The van der Waals surface area contributed by atoms with E-state index in [4.69, 9.17) is 9.47 Å². The highest BCUT2D eigenvalue weighted by Crippen LogP contribution is 2.32. The van der Waals surface area contributed by atoms with Crippen LogP contribution in [-0.4, -0.2) is 26.5 Å². The second kappa shape index (κ2) is 14.8. The van der Waals surface area contributed by atoms with Crippen molar-refractivity contribution in [1.82, 2.24) is 9.97 Å². The van der Waals surface area contributed by atoms with Gasteiger partial charge in [0, 0.05) is 6.42 Å². The molecular weight excluding hydrogens is 601 g/mol.